The summed E-state index contributed by atoms with van der Waals surface area (Å²) in [6.07, 6.45) is 0.872. The van der Waals surface area contributed by atoms with Crippen molar-refractivity contribution >= 4 is 17.4 Å². The first-order chi connectivity index (χ1) is 7.04. The highest BCUT2D eigenvalue weighted by atomic mass is 16.4. The molecule has 0 radical (unpaired) electrons. The molecule has 0 bridgehead atoms. The normalized spacial score (nSPS) is 11.5. The molecule has 0 aliphatic heterocycles. The molecule has 0 saturated heterocycles. The minimum absolute atomic E-state index is 0.281. The summed E-state index contributed by atoms with van der Waals surface area (Å²) in [5.41, 5.74) is 3.02. The Balaban J connectivity index is 3.17. The molecule has 0 aromatic heterocycles. The Morgan fingerprint density at radius 3 is 2.67 bits per heavy atom. The Hall–Kier alpha value is -1.64. The van der Waals surface area contributed by atoms with Gasteiger partial charge in [0.2, 0.25) is 0 Å². The van der Waals surface area contributed by atoms with Crippen LogP contribution in [0.2, 0.25) is 0 Å². The van der Waals surface area contributed by atoms with Gasteiger partial charge in [0.05, 0.1) is 11.3 Å². The molecular formula is C12H15NO2. The van der Waals surface area contributed by atoms with E-state index < -0.39 is 5.97 Å². The van der Waals surface area contributed by atoms with Crippen molar-refractivity contribution in [3.8, 4) is 0 Å². The average Bonchev–Trinajstić information content (AvgIpc) is 2.20. The molecule has 3 nitrogen and oxygen atoms in total. The van der Waals surface area contributed by atoms with Gasteiger partial charge in [-0.05, 0) is 38.0 Å². The van der Waals surface area contributed by atoms with E-state index in [1.54, 1.807) is 18.2 Å². The lowest BCUT2D eigenvalue weighted by Crippen LogP contribution is -1.96. The van der Waals surface area contributed by atoms with Gasteiger partial charge in [0.1, 0.15) is 0 Å². The third kappa shape index (κ3) is 2.91. The molecule has 0 spiro atoms. The molecule has 0 amide bonds. The number of benzene rings is 1. The third-order valence-electron chi connectivity index (χ3n) is 2.28. The van der Waals surface area contributed by atoms with E-state index in [0.717, 1.165) is 23.4 Å². The second-order valence-corrected chi connectivity index (χ2v) is 3.51. The molecule has 80 valence electrons. The van der Waals surface area contributed by atoms with E-state index in [1.165, 1.54) is 0 Å². The van der Waals surface area contributed by atoms with Crippen LogP contribution in [0.25, 0.3) is 0 Å². The van der Waals surface area contributed by atoms with Gasteiger partial charge < -0.3 is 5.11 Å². The van der Waals surface area contributed by atoms with Crippen molar-refractivity contribution in [1.29, 1.82) is 0 Å². The van der Waals surface area contributed by atoms with Crippen LogP contribution >= 0.6 is 0 Å². The first kappa shape index (κ1) is 11.4. The zero-order chi connectivity index (χ0) is 11.4. The largest absolute Gasteiger partial charge is 0.478 e. The quantitative estimate of drug-likeness (QED) is 0.770. The molecular weight excluding hydrogens is 190 g/mol. The smallest absolute Gasteiger partial charge is 0.335 e. The standard InChI is InChI=1S/C12H15NO2/c1-4-9(3)13-11-7-10(12(14)15)6-5-8(11)2/h5-7H,4H2,1-3H3,(H,14,15)/b13-9-. The van der Waals surface area contributed by atoms with Gasteiger partial charge in [-0.25, -0.2) is 4.79 Å². The molecule has 0 fully saturated rings. The number of aliphatic imine (C=N–C) groups is 1. The van der Waals surface area contributed by atoms with Crippen molar-refractivity contribution in [2.75, 3.05) is 0 Å². The van der Waals surface area contributed by atoms with E-state index in [2.05, 4.69) is 4.99 Å². The lowest BCUT2D eigenvalue weighted by atomic mass is 10.1. The lowest BCUT2D eigenvalue weighted by Gasteiger charge is -2.03. The zero-order valence-electron chi connectivity index (χ0n) is 9.24. The van der Waals surface area contributed by atoms with Crippen LogP contribution < -0.4 is 0 Å². The summed E-state index contributed by atoms with van der Waals surface area (Å²) in [7, 11) is 0. The number of hydrogen-bond acceptors (Lipinski definition) is 2. The number of aromatic carboxylic acids is 1. The Morgan fingerprint density at radius 1 is 1.47 bits per heavy atom. The molecule has 0 aliphatic carbocycles. The van der Waals surface area contributed by atoms with Crippen LogP contribution in [0.1, 0.15) is 36.2 Å². The average molecular weight is 205 g/mol. The number of carboxylic acids is 1. The molecule has 1 aromatic rings. The van der Waals surface area contributed by atoms with Gasteiger partial charge in [-0.15, -0.1) is 0 Å². The van der Waals surface area contributed by atoms with Gasteiger partial charge in [-0.3, -0.25) is 4.99 Å². The number of carbonyl (C=O) groups is 1. The predicted octanol–water partition coefficient (Wildman–Crippen LogP) is 3.20. The van der Waals surface area contributed by atoms with Crippen LogP contribution in [0.5, 0.6) is 0 Å². The Bertz CT molecular complexity index is 408. The van der Waals surface area contributed by atoms with E-state index in [9.17, 15) is 4.79 Å². The van der Waals surface area contributed by atoms with Crippen LogP contribution in [0.3, 0.4) is 0 Å². The summed E-state index contributed by atoms with van der Waals surface area (Å²) in [5.74, 6) is -0.916. The molecule has 1 aromatic carbocycles. The van der Waals surface area contributed by atoms with Crippen LogP contribution in [0.15, 0.2) is 23.2 Å². The summed E-state index contributed by atoms with van der Waals surface area (Å²) < 4.78 is 0. The van der Waals surface area contributed by atoms with Gasteiger partial charge in [0.15, 0.2) is 0 Å². The van der Waals surface area contributed by atoms with Gasteiger partial charge in [-0.1, -0.05) is 13.0 Å². The van der Waals surface area contributed by atoms with Crippen LogP contribution in [-0.4, -0.2) is 16.8 Å². The molecule has 1 rings (SSSR count). The molecule has 0 atom stereocenters. The van der Waals surface area contributed by atoms with Crippen molar-refractivity contribution in [3.63, 3.8) is 0 Å². The highest BCUT2D eigenvalue weighted by Crippen LogP contribution is 2.20. The monoisotopic (exact) mass is 205 g/mol. The molecule has 0 aliphatic rings. The van der Waals surface area contributed by atoms with E-state index in [-0.39, 0.29) is 5.56 Å². The third-order valence-corrected chi connectivity index (χ3v) is 2.28. The summed E-state index contributed by atoms with van der Waals surface area (Å²) in [6, 6.07) is 4.99. The first-order valence-electron chi connectivity index (χ1n) is 4.92. The number of carboxylic acid groups (broad SMARTS) is 1. The van der Waals surface area contributed by atoms with Gasteiger partial charge in [0.25, 0.3) is 0 Å². The zero-order valence-corrected chi connectivity index (χ0v) is 9.24. The minimum Gasteiger partial charge on any atom is -0.478 e. The van der Waals surface area contributed by atoms with Crippen LogP contribution in [-0.2, 0) is 0 Å². The van der Waals surface area contributed by atoms with Crippen LogP contribution in [0.4, 0.5) is 5.69 Å². The van der Waals surface area contributed by atoms with E-state index in [1.807, 2.05) is 20.8 Å². The topological polar surface area (TPSA) is 49.7 Å². The molecule has 0 unspecified atom stereocenters. The van der Waals surface area contributed by atoms with Crippen molar-refractivity contribution < 1.29 is 9.90 Å². The summed E-state index contributed by atoms with van der Waals surface area (Å²) in [4.78, 5) is 15.1. The molecule has 15 heavy (non-hydrogen) atoms. The van der Waals surface area contributed by atoms with Gasteiger partial charge in [-0.2, -0.15) is 0 Å². The van der Waals surface area contributed by atoms with Crippen molar-refractivity contribution in [2.24, 2.45) is 4.99 Å². The molecule has 0 saturated carbocycles. The Kier molecular flexibility index (Phi) is 3.61. The van der Waals surface area contributed by atoms with Crippen molar-refractivity contribution in [2.45, 2.75) is 27.2 Å². The summed E-state index contributed by atoms with van der Waals surface area (Å²) in [6.45, 7) is 5.88. The maximum Gasteiger partial charge on any atom is 0.335 e. The molecule has 0 heterocycles. The number of rotatable bonds is 3. The second-order valence-electron chi connectivity index (χ2n) is 3.51. The Morgan fingerprint density at radius 2 is 2.13 bits per heavy atom. The fourth-order valence-electron chi connectivity index (χ4n) is 1.15. The highest BCUT2D eigenvalue weighted by Gasteiger charge is 2.05. The number of hydrogen-bond donors (Lipinski definition) is 1. The maximum atomic E-state index is 10.8. The Labute approximate surface area is 89.5 Å². The van der Waals surface area contributed by atoms with Gasteiger partial charge in [0, 0.05) is 5.71 Å². The predicted molar refractivity (Wildman–Crippen MR) is 61.2 cm³/mol. The van der Waals surface area contributed by atoms with E-state index in [4.69, 9.17) is 5.11 Å². The maximum absolute atomic E-state index is 10.8. The lowest BCUT2D eigenvalue weighted by molar-refractivity contribution is 0.0697. The number of aryl methyl sites for hydroxylation is 1. The fraction of sp³-hybridized carbons (Fsp3) is 0.333. The van der Waals surface area contributed by atoms with Crippen molar-refractivity contribution in [3.05, 3.63) is 29.3 Å². The SMILES string of the molecule is CC/C(C)=N\c1cc(C(=O)O)ccc1C. The fourth-order valence-corrected chi connectivity index (χ4v) is 1.15. The molecule has 3 heteroatoms. The minimum atomic E-state index is -0.916. The van der Waals surface area contributed by atoms with Gasteiger partial charge >= 0.3 is 5.97 Å². The highest BCUT2D eigenvalue weighted by molar-refractivity contribution is 5.90. The number of nitrogens with zero attached hydrogens (tertiary/aromatic N) is 1. The molecule has 1 N–H and O–H groups in total. The first-order valence-corrected chi connectivity index (χ1v) is 4.92. The summed E-state index contributed by atoms with van der Waals surface area (Å²) in [5, 5.41) is 8.84. The van der Waals surface area contributed by atoms with Crippen molar-refractivity contribution in [1.82, 2.24) is 0 Å². The summed E-state index contributed by atoms with van der Waals surface area (Å²) >= 11 is 0. The van der Waals surface area contributed by atoms with E-state index in [0.29, 0.717) is 0 Å². The second kappa shape index (κ2) is 4.73. The van der Waals surface area contributed by atoms with E-state index >= 15 is 0 Å². The van der Waals surface area contributed by atoms with Crippen LogP contribution in [0, 0.1) is 6.92 Å².